The van der Waals surface area contributed by atoms with Gasteiger partial charge in [0.2, 0.25) is 11.7 Å². The fourth-order valence-electron chi connectivity index (χ4n) is 4.84. The third kappa shape index (κ3) is 21.3. The number of hydrogen-bond donors (Lipinski definition) is 9. The van der Waals surface area contributed by atoms with Crippen molar-refractivity contribution in [1.29, 1.82) is 0 Å². The number of amidine groups is 2. The van der Waals surface area contributed by atoms with Crippen molar-refractivity contribution in [2.75, 3.05) is 5.32 Å². The number of aliphatic carboxylic acids is 4. The molecule has 0 radical (unpaired) electrons. The Kier molecular flexibility index (Phi) is 25.1. The molecule has 5 rings (SSSR count). The van der Waals surface area contributed by atoms with Crippen LogP contribution in [0, 0.1) is 19.8 Å². The average molecular weight is 1080 g/mol. The first-order chi connectivity index (χ1) is 29.4. The molecule has 4 aromatic rings. The van der Waals surface area contributed by atoms with Crippen LogP contribution in [0.5, 0.6) is 0 Å². The maximum Gasteiger partial charge on any atom is 2.00 e. The molecule has 1 aliphatic rings. The van der Waals surface area contributed by atoms with Crippen molar-refractivity contribution in [2.45, 2.75) is 70.8 Å². The zero-order chi connectivity index (χ0) is 46.2. The van der Waals surface area contributed by atoms with Gasteiger partial charge in [0.15, 0.2) is 23.1 Å². The Balaban J connectivity index is 0.000000477. The van der Waals surface area contributed by atoms with Crippen LogP contribution in [0.15, 0.2) is 67.8 Å². The number of carbonyl (C=O) groups is 6. The van der Waals surface area contributed by atoms with Crippen LogP contribution in [0.1, 0.15) is 74.0 Å². The Morgan fingerprint density at radius 1 is 0.778 bits per heavy atom. The molecule has 0 aliphatic heterocycles. The summed E-state index contributed by atoms with van der Waals surface area (Å²) in [6.45, 7) is 5.79. The molecular weight excluding hydrogens is 1040 g/mol. The smallest absolute Gasteiger partial charge is 0.677 e. The zero-order valence-electron chi connectivity index (χ0n) is 33.2. The third-order valence-electron chi connectivity index (χ3n) is 7.90. The molecule has 342 valence electrons. The molecule has 2 atom stereocenters. The molecule has 26 heteroatoms. The predicted molar refractivity (Wildman–Crippen MR) is 215 cm³/mol. The van der Waals surface area contributed by atoms with Crippen LogP contribution in [0.25, 0.3) is 5.73 Å². The zero-order valence-corrected chi connectivity index (χ0v) is 36.2. The van der Waals surface area contributed by atoms with Gasteiger partial charge in [-0.1, -0.05) is 60.6 Å². The van der Waals surface area contributed by atoms with Crippen molar-refractivity contribution in [3.8, 4) is 0 Å². The SMILES string of the molecule is Cc1cccc(N=C(NO)c2nonc2CC(=O)CCC(=O)O)c1.O=C(O)C(=O)O.O=C(O)CCC(=O)Nc1nonc1C(=Nc1cccc(Cl)c1)NO.[CH2-]C1CCCCC1[NH-].[Pt+2]. The summed E-state index contributed by atoms with van der Waals surface area (Å²) in [5.74, 6) is -6.61. The van der Waals surface area contributed by atoms with Crippen molar-refractivity contribution in [1.82, 2.24) is 31.6 Å². The minimum absolute atomic E-state index is 0. The standard InChI is InChI=1S/C15H16N4O5.C13H12ClN5O5.C7H13N.C2H2O4.Pt/c1-9-3-2-4-10(7-9)16-15(17-23)14-12(18-24-19-14)8-11(20)5-6-13(21)22;14-7-2-1-3-8(6-7)15-12(17-23)11-13(19-24-18-11)16-9(20)4-5-10(21)22;1-6-4-2-3-5-7(6)8;3-1(4)2(5)6;/h2-4,7,23H,5-6,8H2,1H3,(H,16,17)(H,21,22);1-3,6,23H,4-5H2,(H,15,17)(H,21,22)(H,16,19,20);6-8H,1-5H2;(H,3,4)(H,5,6);/q;;-2;;+2. The number of anilines is 1. The summed E-state index contributed by atoms with van der Waals surface area (Å²) in [7, 11) is 0. The summed E-state index contributed by atoms with van der Waals surface area (Å²) in [6, 6.07) is 13.8. The Bertz CT molecular complexity index is 2050. The molecule has 1 fully saturated rings. The number of carboxylic acid groups (broad SMARTS) is 4. The second-order valence-electron chi connectivity index (χ2n) is 12.8. The van der Waals surface area contributed by atoms with E-state index in [1.54, 1.807) is 36.4 Å². The van der Waals surface area contributed by atoms with Gasteiger partial charge in [-0.25, -0.2) is 28.8 Å². The maximum absolute atomic E-state index is 11.8. The first kappa shape index (κ1) is 54.6. The Hall–Kier alpha value is -6.46. The van der Waals surface area contributed by atoms with E-state index in [1.807, 2.05) is 24.0 Å². The molecule has 1 aliphatic carbocycles. The minimum atomic E-state index is -1.82. The summed E-state index contributed by atoms with van der Waals surface area (Å²) < 4.78 is 9.14. The molecule has 1 amide bonds. The van der Waals surface area contributed by atoms with E-state index in [9.17, 15) is 29.6 Å². The van der Waals surface area contributed by atoms with Crippen LogP contribution >= 0.6 is 11.6 Å². The van der Waals surface area contributed by atoms with Crippen LogP contribution in [0.4, 0.5) is 17.2 Å². The van der Waals surface area contributed by atoms with E-state index in [0.29, 0.717) is 22.3 Å². The number of ketones is 1. The fourth-order valence-corrected chi connectivity index (χ4v) is 5.02. The molecule has 0 saturated heterocycles. The van der Waals surface area contributed by atoms with Crippen LogP contribution in [0.3, 0.4) is 0 Å². The van der Waals surface area contributed by atoms with Gasteiger partial charge in [0.05, 0.1) is 30.6 Å². The molecule has 24 nitrogen and oxygen atoms in total. The monoisotopic (exact) mass is 1080 g/mol. The van der Waals surface area contributed by atoms with Gasteiger partial charge >= 0.3 is 44.9 Å². The quantitative estimate of drug-likeness (QED) is 0.0291. The number of aryl methyl sites for hydroxylation is 1. The Morgan fingerprint density at radius 2 is 1.32 bits per heavy atom. The van der Waals surface area contributed by atoms with Crippen molar-refractivity contribution in [2.24, 2.45) is 15.9 Å². The number of nitrogens with zero attached hydrogens (tertiary/aromatic N) is 6. The first-order valence-corrected chi connectivity index (χ1v) is 18.5. The van der Waals surface area contributed by atoms with Gasteiger partial charge in [0, 0.05) is 17.9 Å². The van der Waals surface area contributed by atoms with E-state index in [-0.39, 0.29) is 99.6 Å². The first-order valence-electron chi connectivity index (χ1n) is 18.1. The summed E-state index contributed by atoms with van der Waals surface area (Å²) >= 11 is 5.85. The fraction of sp³-hybridized carbons (Fsp3) is 0.324. The Morgan fingerprint density at radius 3 is 1.84 bits per heavy atom. The van der Waals surface area contributed by atoms with Crippen LogP contribution < -0.4 is 16.3 Å². The van der Waals surface area contributed by atoms with Crippen molar-refractivity contribution in [3.63, 3.8) is 0 Å². The number of amides is 1. The summed E-state index contributed by atoms with van der Waals surface area (Å²) in [5.41, 5.74) is 13.3. The van der Waals surface area contributed by atoms with E-state index < -0.39 is 29.8 Å². The number of Topliss-reactive ketones (excluding diaryl/α,β-unsaturated/α-hetero) is 1. The number of hydroxylamine groups is 2. The maximum atomic E-state index is 11.8. The second kappa shape index (κ2) is 29.0. The molecule has 10 N–H and O–H groups in total. The van der Waals surface area contributed by atoms with E-state index in [2.05, 4.69) is 52.1 Å². The topological polar surface area (TPSA) is 386 Å². The number of nitrogens with one attached hydrogen (secondary N) is 4. The number of aliphatic imine (C=N–C) groups is 2. The number of hydrogen-bond acceptors (Lipinski definition) is 16. The van der Waals surface area contributed by atoms with Gasteiger partial charge in [-0.3, -0.25) is 40.6 Å². The molecule has 2 heterocycles. The van der Waals surface area contributed by atoms with Gasteiger partial charge in [-0.05, 0) is 58.3 Å². The van der Waals surface area contributed by atoms with Crippen molar-refractivity contribution < 1.29 is 89.9 Å². The van der Waals surface area contributed by atoms with Gasteiger partial charge in [0.25, 0.3) is 0 Å². The van der Waals surface area contributed by atoms with Gasteiger partial charge in [-0.2, -0.15) is 12.0 Å². The average Bonchev–Trinajstić information content (AvgIpc) is 3.89. The van der Waals surface area contributed by atoms with Crippen LogP contribution in [-0.4, -0.2) is 105 Å². The van der Waals surface area contributed by atoms with Crippen molar-refractivity contribution >= 4 is 76.0 Å². The predicted octanol–water partition coefficient (Wildman–Crippen LogP) is 4.58. The summed E-state index contributed by atoms with van der Waals surface area (Å²) in [6.07, 6.45) is 3.65. The third-order valence-corrected chi connectivity index (χ3v) is 8.13. The molecule has 2 aromatic carbocycles. The largest absolute Gasteiger partial charge is 2.00 e. The van der Waals surface area contributed by atoms with E-state index in [1.165, 1.54) is 25.3 Å². The van der Waals surface area contributed by atoms with E-state index in [4.69, 9.17) is 47.3 Å². The van der Waals surface area contributed by atoms with Gasteiger partial charge in [-0.15, -0.1) is 0 Å². The number of carbonyl (C=O) groups excluding carboxylic acids is 2. The van der Waals surface area contributed by atoms with E-state index >= 15 is 0 Å². The molecule has 2 unspecified atom stereocenters. The molecule has 2 aromatic heterocycles. The number of aromatic nitrogens is 4. The molecule has 0 bridgehead atoms. The Labute approximate surface area is 377 Å². The number of benzene rings is 2. The summed E-state index contributed by atoms with van der Waals surface area (Å²) in [4.78, 5) is 70.9. The minimum Gasteiger partial charge on any atom is -0.677 e. The van der Waals surface area contributed by atoms with Gasteiger partial charge in [0.1, 0.15) is 11.5 Å². The number of rotatable bonds is 13. The summed E-state index contributed by atoms with van der Waals surface area (Å²) in [5, 5.41) is 67.6. The van der Waals surface area contributed by atoms with Crippen LogP contribution in [0.2, 0.25) is 5.02 Å². The van der Waals surface area contributed by atoms with Crippen LogP contribution in [-0.2, 0) is 56.3 Å². The number of halogens is 1. The number of carboxylic acids is 4. The molecule has 1 saturated carbocycles. The van der Waals surface area contributed by atoms with Gasteiger partial charge < -0.3 is 38.4 Å². The van der Waals surface area contributed by atoms with E-state index in [0.717, 1.165) is 12.0 Å². The normalized spacial score (nSPS) is 14.3. The van der Waals surface area contributed by atoms with Crippen molar-refractivity contribution in [3.05, 3.63) is 88.9 Å². The molecule has 63 heavy (non-hydrogen) atoms. The second-order valence-corrected chi connectivity index (χ2v) is 13.2. The molecular formula is C37H43ClN10O14Pt. The molecule has 0 spiro atoms.